The highest BCUT2D eigenvalue weighted by Gasteiger charge is 2.43. The molecule has 0 saturated heterocycles. The van der Waals surface area contributed by atoms with Crippen LogP contribution in [0.2, 0.25) is 0 Å². The summed E-state index contributed by atoms with van der Waals surface area (Å²) in [5, 5.41) is 6.70. The van der Waals surface area contributed by atoms with E-state index in [0.29, 0.717) is 55.5 Å². The van der Waals surface area contributed by atoms with E-state index in [1.807, 2.05) is 234 Å². The fourth-order valence-electron chi connectivity index (χ4n) is 13.4. The Morgan fingerprint density at radius 1 is 0.244 bits per heavy atom. The maximum Gasteiger partial charge on any atom is 0.420 e. The van der Waals surface area contributed by atoms with E-state index in [9.17, 15) is 0 Å². The minimum atomic E-state index is -5.02. The van der Waals surface area contributed by atoms with Crippen LogP contribution in [0, 0.1) is 0 Å². The summed E-state index contributed by atoms with van der Waals surface area (Å²) >= 11 is 0. The maximum absolute atomic E-state index is 18.5. The fourth-order valence-corrected chi connectivity index (χ4v) is 13.4. The number of halogens is 3. The van der Waals surface area contributed by atoms with Gasteiger partial charge in [-0.2, -0.15) is 13.2 Å². The number of rotatable bonds is 8. The van der Waals surface area contributed by atoms with E-state index in [4.69, 9.17) is 0 Å². The third-order valence-corrected chi connectivity index (χ3v) is 17.1. The van der Waals surface area contributed by atoms with E-state index >= 15 is 13.2 Å². The van der Waals surface area contributed by atoms with Crippen molar-refractivity contribution < 1.29 is 13.2 Å². The highest BCUT2D eigenvalue weighted by atomic mass is 19.4. The van der Waals surface area contributed by atoms with Gasteiger partial charge in [0.25, 0.3) is 0 Å². The molecule has 0 saturated carbocycles. The molecule has 8 aromatic heterocycles. The normalized spacial score (nSPS) is 12.1. The summed E-state index contributed by atoms with van der Waals surface area (Å²) in [5.41, 5.74) is 12.4. The molecule has 0 N–H and O–H groups in total. The van der Waals surface area contributed by atoms with Gasteiger partial charge in [-0.15, -0.1) is 0 Å². The summed E-state index contributed by atoms with van der Waals surface area (Å²) in [7, 11) is 0. The lowest BCUT2D eigenvalue weighted by Gasteiger charge is -2.28. The Labute approximate surface area is 489 Å². The summed E-state index contributed by atoms with van der Waals surface area (Å²) in [6.45, 7) is 0. The standard InChI is InChI=1S/C75H45F3N8/c76-75(77,78)72-73(85-62-21-5-1-17-54(62)55-18-2-6-22-63(55)85)70(83-66-29-25-46(50-13-9-33-79-42-50)37-58(66)59-38-47(26-30-67(59)83)51-14-10-34-80-43-51)41-71(74(72)86-64-23-7-3-19-56(64)57-20-4-8-24-65(57)86)84-68-31-27-48(52-15-11-35-81-44-52)39-60(68)61-40-49(28-32-69(61)84)53-16-12-36-82-45-53/h1-45H. The van der Waals surface area contributed by atoms with Gasteiger partial charge in [0.05, 0.1) is 66.9 Å². The van der Waals surface area contributed by atoms with Crippen LogP contribution in [0.5, 0.6) is 0 Å². The zero-order chi connectivity index (χ0) is 57.2. The third kappa shape index (κ3) is 7.50. The highest BCUT2D eigenvalue weighted by molar-refractivity contribution is 6.16. The van der Waals surface area contributed by atoms with Gasteiger partial charge in [0.1, 0.15) is 5.56 Å². The van der Waals surface area contributed by atoms with Gasteiger partial charge in [-0.3, -0.25) is 19.9 Å². The van der Waals surface area contributed by atoms with Crippen molar-refractivity contribution in [3.8, 4) is 67.3 Å². The monoisotopic (exact) mass is 1110 g/mol. The van der Waals surface area contributed by atoms with E-state index in [1.54, 1.807) is 24.8 Å². The van der Waals surface area contributed by atoms with Gasteiger partial charge in [-0.25, -0.2) is 0 Å². The average Bonchev–Trinajstić information content (AvgIpc) is 2.05. The van der Waals surface area contributed by atoms with Crippen LogP contribution in [0.1, 0.15) is 5.56 Å². The number of hydrogen-bond donors (Lipinski definition) is 0. The van der Waals surface area contributed by atoms with Crippen LogP contribution in [0.25, 0.3) is 154 Å². The number of hydrogen-bond acceptors (Lipinski definition) is 4. The Morgan fingerprint density at radius 2 is 0.512 bits per heavy atom. The van der Waals surface area contributed by atoms with Gasteiger partial charge >= 0.3 is 6.18 Å². The van der Waals surface area contributed by atoms with Gasteiger partial charge in [0.15, 0.2) is 0 Å². The molecule has 8 nitrogen and oxygen atoms in total. The van der Waals surface area contributed by atoms with Gasteiger partial charge < -0.3 is 18.3 Å². The fraction of sp³-hybridized carbons (Fsp3) is 0.0133. The Morgan fingerprint density at radius 3 is 0.767 bits per heavy atom. The van der Waals surface area contributed by atoms with E-state index in [-0.39, 0.29) is 11.4 Å². The first kappa shape index (κ1) is 49.2. The number of nitrogens with zero attached hydrogens (tertiary/aromatic N) is 8. The second kappa shape index (κ2) is 19.1. The zero-order valence-corrected chi connectivity index (χ0v) is 45.7. The lowest BCUT2D eigenvalue weighted by atomic mass is 10.0. The summed E-state index contributed by atoms with van der Waals surface area (Å²) in [4.78, 5) is 17.9. The van der Waals surface area contributed by atoms with Crippen molar-refractivity contribution in [3.63, 3.8) is 0 Å². The molecular formula is C75H45F3N8. The molecule has 0 spiro atoms. The summed E-state index contributed by atoms with van der Waals surface area (Å²) in [6.07, 6.45) is 9.32. The van der Waals surface area contributed by atoms with Crippen LogP contribution in [0.15, 0.2) is 274 Å². The Kier molecular flexibility index (Phi) is 10.9. The molecule has 0 amide bonds. The molecule has 8 heterocycles. The number of benzene rings is 9. The largest absolute Gasteiger partial charge is 0.420 e. The Balaban J connectivity index is 1.12. The van der Waals surface area contributed by atoms with Gasteiger partial charge in [0, 0.05) is 115 Å². The molecule has 17 aromatic rings. The predicted octanol–water partition coefficient (Wildman–Crippen LogP) is 19.3. The van der Waals surface area contributed by atoms with Crippen molar-refractivity contribution in [1.82, 2.24) is 38.2 Å². The first-order valence-electron chi connectivity index (χ1n) is 28.4. The molecule has 17 rings (SSSR count). The minimum absolute atomic E-state index is 0.0273. The predicted molar refractivity (Wildman–Crippen MR) is 342 cm³/mol. The third-order valence-electron chi connectivity index (χ3n) is 17.1. The Bertz CT molecular complexity index is 4930. The van der Waals surface area contributed by atoms with E-state index in [1.165, 1.54) is 0 Å². The summed E-state index contributed by atoms with van der Waals surface area (Å²) < 4.78 is 63.3. The molecule has 0 aliphatic heterocycles. The second-order valence-corrected chi connectivity index (χ2v) is 21.8. The number of aromatic nitrogens is 8. The minimum Gasteiger partial charge on any atom is -0.307 e. The molecule has 0 atom stereocenters. The van der Waals surface area contributed by atoms with E-state index in [0.717, 1.165) is 87.6 Å². The van der Waals surface area contributed by atoms with Crippen LogP contribution in [-0.4, -0.2) is 38.2 Å². The number of fused-ring (bicyclic) bond motifs is 12. The average molecular weight is 1120 g/mol. The highest BCUT2D eigenvalue weighted by Crippen LogP contribution is 2.52. The van der Waals surface area contributed by atoms with Crippen LogP contribution < -0.4 is 0 Å². The van der Waals surface area contributed by atoms with Crippen molar-refractivity contribution in [2.75, 3.05) is 0 Å². The molecule has 406 valence electrons. The SMILES string of the molecule is FC(F)(F)c1c(-n2c3ccccc3c3ccccc32)c(-n2c3ccc(-c4cccnc4)cc3c3cc(-c4cccnc4)ccc32)cc(-n2c3ccc(-c4cccnc4)cc3c3cc(-c4cccnc4)ccc32)c1-n1c2ccccc2c2ccccc21. The van der Waals surface area contributed by atoms with Gasteiger partial charge in [-0.05, 0) is 125 Å². The first-order valence-corrected chi connectivity index (χ1v) is 28.4. The molecule has 0 radical (unpaired) electrons. The van der Waals surface area contributed by atoms with Crippen molar-refractivity contribution >= 4 is 87.2 Å². The van der Waals surface area contributed by atoms with E-state index in [2.05, 4.69) is 53.3 Å². The number of para-hydroxylation sites is 4. The van der Waals surface area contributed by atoms with Crippen molar-refractivity contribution in [3.05, 3.63) is 280 Å². The lowest BCUT2D eigenvalue weighted by molar-refractivity contribution is -0.137. The number of pyridine rings is 4. The van der Waals surface area contributed by atoms with Crippen LogP contribution in [0.4, 0.5) is 13.2 Å². The zero-order valence-electron chi connectivity index (χ0n) is 45.7. The molecule has 0 aliphatic rings. The Hall–Kier alpha value is -11.4. The summed E-state index contributed by atoms with van der Waals surface area (Å²) in [5.74, 6) is 0. The molecule has 11 heteroatoms. The lowest BCUT2D eigenvalue weighted by Crippen LogP contribution is -2.20. The molecule has 0 aliphatic carbocycles. The van der Waals surface area contributed by atoms with Crippen molar-refractivity contribution in [1.29, 1.82) is 0 Å². The second-order valence-electron chi connectivity index (χ2n) is 21.8. The van der Waals surface area contributed by atoms with Crippen molar-refractivity contribution in [2.45, 2.75) is 6.18 Å². The van der Waals surface area contributed by atoms with Gasteiger partial charge in [0.2, 0.25) is 0 Å². The molecule has 86 heavy (non-hydrogen) atoms. The topological polar surface area (TPSA) is 71.3 Å². The summed E-state index contributed by atoms with van der Waals surface area (Å²) in [6, 6.07) is 73.9. The van der Waals surface area contributed by atoms with Crippen LogP contribution in [-0.2, 0) is 6.18 Å². The molecule has 0 fully saturated rings. The quantitative estimate of drug-likeness (QED) is 0.152. The molecule has 0 unspecified atom stereocenters. The molecule has 0 bridgehead atoms. The van der Waals surface area contributed by atoms with Crippen LogP contribution in [0.3, 0.4) is 0 Å². The van der Waals surface area contributed by atoms with Crippen molar-refractivity contribution in [2.24, 2.45) is 0 Å². The smallest absolute Gasteiger partial charge is 0.307 e. The molecule has 9 aromatic carbocycles. The van der Waals surface area contributed by atoms with Crippen LogP contribution >= 0.6 is 0 Å². The maximum atomic E-state index is 18.5. The molecular weight excluding hydrogens is 1070 g/mol. The van der Waals surface area contributed by atoms with Gasteiger partial charge in [-0.1, -0.05) is 121 Å². The van der Waals surface area contributed by atoms with E-state index < -0.39 is 11.7 Å². The first-order chi connectivity index (χ1) is 42.3. The number of alkyl halides is 3.